The molecule has 110 valence electrons. The van der Waals surface area contributed by atoms with E-state index in [0.29, 0.717) is 18.4 Å². The van der Waals surface area contributed by atoms with Crippen LogP contribution in [0.5, 0.6) is 0 Å². The van der Waals surface area contributed by atoms with E-state index in [1.807, 2.05) is 0 Å². The smallest absolute Gasteiger partial charge is 0.223 e. The maximum absolute atomic E-state index is 12.2. The summed E-state index contributed by atoms with van der Waals surface area (Å²) in [5.74, 6) is 0.356. The fourth-order valence-electron chi connectivity index (χ4n) is 3.08. The molecule has 0 radical (unpaired) electrons. The summed E-state index contributed by atoms with van der Waals surface area (Å²) in [7, 11) is 0. The van der Waals surface area contributed by atoms with E-state index in [1.54, 1.807) is 0 Å². The van der Waals surface area contributed by atoms with Gasteiger partial charge in [-0.25, -0.2) is 0 Å². The summed E-state index contributed by atoms with van der Waals surface area (Å²) in [5.41, 5.74) is 0. The van der Waals surface area contributed by atoms with Crippen LogP contribution in [0.2, 0.25) is 0 Å². The molecule has 1 amide bonds. The third kappa shape index (κ3) is 4.46. The van der Waals surface area contributed by atoms with Crippen molar-refractivity contribution in [2.24, 2.45) is 0 Å². The van der Waals surface area contributed by atoms with Crippen molar-refractivity contribution in [2.75, 3.05) is 45.8 Å². The summed E-state index contributed by atoms with van der Waals surface area (Å²) < 4.78 is 0. The van der Waals surface area contributed by atoms with Gasteiger partial charge in [0.2, 0.25) is 5.91 Å². The van der Waals surface area contributed by atoms with Gasteiger partial charge in [0.15, 0.2) is 0 Å². The van der Waals surface area contributed by atoms with Crippen LogP contribution in [0, 0.1) is 0 Å². The number of likely N-dealkylation sites (tertiary alicyclic amines) is 1. The van der Waals surface area contributed by atoms with Crippen LogP contribution in [0.3, 0.4) is 0 Å². The summed E-state index contributed by atoms with van der Waals surface area (Å²) in [6.45, 7) is 11.7. The number of carbonyl (C=O) groups is 1. The van der Waals surface area contributed by atoms with Crippen molar-refractivity contribution >= 4 is 5.91 Å². The Labute approximate surface area is 117 Å². The molecule has 0 saturated carbocycles. The summed E-state index contributed by atoms with van der Waals surface area (Å²) >= 11 is 0. The molecule has 0 N–H and O–H groups in total. The number of hydrogen-bond acceptors (Lipinski definition) is 3. The fourth-order valence-corrected chi connectivity index (χ4v) is 3.08. The first-order valence-electron chi connectivity index (χ1n) is 7.91. The average molecular weight is 267 g/mol. The van der Waals surface area contributed by atoms with E-state index in [1.165, 1.54) is 32.4 Å². The molecular weight excluding hydrogens is 238 g/mol. The third-order valence-corrected chi connectivity index (χ3v) is 4.49. The highest BCUT2D eigenvalue weighted by atomic mass is 16.2. The molecule has 0 aromatic carbocycles. The molecule has 2 saturated heterocycles. The van der Waals surface area contributed by atoms with Crippen molar-refractivity contribution < 1.29 is 4.79 Å². The third-order valence-electron chi connectivity index (χ3n) is 4.49. The van der Waals surface area contributed by atoms with Crippen LogP contribution in [0.1, 0.15) is 39.5 Å². The van der Waals surface area contributed by atoms with E-state index in [0.717, 1.165) is 32.7 Å². The van der Waals surface area contributed by atoms with E-state index in [9.17, 15) is 4.79 Å². The molecule has 2 rings (SSSR count). The van der Waals surface area contributed by atoms with Gasteiger partial charge in [0.25, 0.3) is 0 Å². The molecule has 2 fully saturated rings. The van der Waals surface area contributed by atoms with Crippen LogP contribution < -0.4 is 0 Å². The van der Waals surface area contributed by atoms with Crippen molar-refractivity contribution in [2.45, 2.75) is 45.6 Å². The largest absolute Gasteiger partial charge is 0.340 e. The van der Waals surface area contributed by atoms with Crippen molar-refractivity contribution in [1.29, 1.82) is 0 Å². The van der Waals surface area contributed by atoms with Crippen molar-refractivity contribution in [3.05, 3.63) is 0 Å². The van der Waals surface area contributed by atoms with E-state index < -0.39 is 0 Å². The lowest BCUT2D eigenvalue weighted by atomic mass is 10.1. The lowest BCUT2D eigenvalue weighted by Crippen LogP contribution is -2.51. The number of carbonyl (C=O) groups excluding carboxylic acids is 1. The summed E-state index contributed by atoms with van der Waals surface area (Å²) in [4.78, 5) is 19.2. The molecule has 4 heteroatoms. The van der Waals surface area contributed by atoms with Crippen molar-refractivity contribution in [3.63, 3.8) is 0 Å². The van der Waals surface area contributed by atoms with Gasteiger partial charge >= 0.3 is 0 Å². The Morgan fingerprint density at radius 3 is 2.16 bits per heavy atom. The van der Waals surface area contributed by atoms with Gasteiger partial charge < -0.3 is 9.80 Å². The second kappa shape index (κ2) is 7.25. The maximum Gasteiger partial charge on any atom is 0.223 e. The number of nitrogens with zero attached hydrogens (tertiary/aromatic N) is 3. The predicted octanol–water partition coefficient (Wildman–Crippen LogP) is 1.42. The molecule has 0 spiro atoms. The molecule has 0 aromatic heterocycles. The molecular formula is C15H29N3O. The topological polar surface area (TPSA) is 26.8 Å². The van der Waals surface area contributed by atoms with Crippen LogP contribution in [0.15, 0.2) is 0 Å². The predicted molar refractivity (Wildman–Crippen MR) is 78.2 cm³/mol. The number of hydrogen-bond donors (Lipinski definition) is 0. The minimum Gasteiger partial charge on any atom is -0.340 e. The summed E-state index contributed by atoms with van der Waals surface area (Å²) in [5, 5.41) is 0. The zero-order chi connectivity index (χ0) is 13.7. The lowest BCUT2D eigenvalue weighted by Gasteiger charge is -2.37. The van der Waals surface area contributed by atoms with E-state index in [2.05, 4.69) is 28.5 Å². The first-order valence-corrected chi connectivity index (χ1v) is 7.91. The number of piperidine rings is 1. The van der Waals surface area contributed by atoms with Crippen molar-refractivity contribution in [3.8, 4) is 0 Å². The molecule has 0 bridgehead atoms. The van der Waals surface area contributed by atoms with Crippen LogP contribution in [0.25, 0.3) is 0 Å². The van der Waals surface area contributed by atoms with Crippen LogP contribution >= 0.6 is 0 Å². The Morgan fingerprint density at radius 2 is 1.58 bits per heavy atom. The normalized spacial score (nSPS) is 23.0. The minimum absolute atomic E-state index is 0.356. The van der Waals surface area contributed by atoms with Crippen LogP contribution in [-0.2, 0) is 4.79 Å². The first kappa shape index (κ1) is 14.8. The van der Waals surface area contributed by atoms with Crippen LogP contribution in [-0.4, -0.2) is 72.5 Å². The van der Waals surface area contributed by atoms with Crippen molar-refractivity contribution in [1.82, 2.24) is 14.7 Å². The minimum atomic E-state index is 0.356. The molecule has 2 aliphatic rings. The van der Waals surface area contributed by atoms with Gasteiger partial charge in [-0.15, -0.1) is 0 Å². The van der Waals surface area contributed by atoms with Gasteiger partial charge in [-0.05, 0) is 39.8 Å². The Hall–Kier alpha value is -0.610. The highest BCUT2D eigenvalue weighted by Crippen LogP contribution is 2.11. The molecule has 4 nitrogen and oxygen atoms in total. The molecule has 0 aliphatic carbocycles. The molecule has 2 heterocycles. The molecule has 19 heavy (non-hydrogen) atoms. The average Bonchev–Trinajstić information content (AvgIpc) is 2.46. The first-order chi connectivity index (χ1) is 9.16. The number of amides is 1. The summed E-state index contributed by atoms with van der Waals surface area (Å²) in [6.07, 6.45) is 4.69. The summed E-state index contributed by atoms with van der Waals surface area (Å²) in [6, 6.07) is 0.602. The molecule has 0 atom stereocenters. The second-order valence-electron chi connectivity index (χ2n) is 6.16. The second-order valence-corrected chi connectivity index (χ2v) is 6.16. The zero-order valence-corrected chi connectivity index (χ0v) is 12.6. The quantitative estimate of drug-likeness (QED) is 0.771. The van der Waals surface area contributed by atoms with E-state index in [4.69, 9.17) is 0 Å². The van der Waals surface area contributed by atoms with E-state index in [-0.39, 0.29) is 0 Å². The van der Waals surface area contributed by atoms with Gasteiger partial charge in [0.05, 0.1) is 0 Å². The Kier molecular flexibility index (Phi) is 5.64. The Morgan fingerprint density at radius 1 is 0.947 bits per heavy atom. The zero-order valence-electron chi connectivity index (χ0n) is 12.6. The Bertz CT molecular complexity index is 279. The molecule has 2 aliphatic heterocycles. The van der Waals surface area contributed by atoms with Gasteiger partial charge in [-0.3, -0.25) is 9.69 Å². The molecule has 0 unspecified atom stereocenters. The number of piperazine rings is 1. The van der Waals surface area contributed by atoms with Crippen LogP contribution in [0.4, 0.5) is 0 Å². The van der Waals surface area contributed by atoms with Gasteiger partial charge in [-0.1, -0.05) is 6.42 Å². The van der Waals surface area contributed by atoms with Gasteiger partial charge in [0, 0.05) is 45.2 Å². The Balaban J connectivity index is 1.66. The fraction of sp³-hybridized carbons (Fsp3) is 0.933. The van der Waals surface area contributed by atoms with E-state index >= 15 is 0 Å². The lowest BCUT2D eigenvalue weighted by molar-refractivity contribution is -0.133. The maximum atomic E-state index is 12.2. The monoisotopic (exact) mass is 267 g/mol. The molecule has 0 aromatic rings. The standard InChI is InChI=1S/C15H29N3O/c1-14(2)17-10-12-18(13-11-17)15(19)6-9-16-7-4-3-5-8-16/h14H,3-13H2,1-2H3. The highest BCUT2D eigenvalue weighted by Gasteiger charge is 2.22. The van der Waals surface area contributed by atoms with Gasteiger partial charge in [0.1, 0.15) is 0 Å². The van der Waals surface area contributed by atoms with Gasteiger partial charge in [-0.2, -0.15) is 0 Å². The SMILES string of the molecule is CC(C)N1CCN(C(=O)CCN2CCCCC2)CC1. The highest BCUT2D eigenvalue weighted by molar-refractivity contribution is 5.76. The number of rotatable bonds is 4.